The van der Waals surface area contributed by atoms with Crippen molar-refractivity contribution in [3.8, 4) is 11.4 Å². The number of methoxy groups -OCH3 is 1. The average Bonchev–Trinajstić information content (AvgIpc) is 2.85. The summed E-state index contributed by atoms with van der Waals surface area (Å²) in [4.78, 5) is 24.8. The number of esters is 1. The van der Waals surface area contributed by atoms with Crippen LogP contribution in [0.25, 0.3) is 11.4 Å². The number of nitrogens with one attached hydrogen (secondary N) is 1. The molecule has 1 aromatic heterocycles. The van der Waals surface area contributed by atoms with Gasteiger partial charge in [-0.25, -0.2) is 14.8 Å². The maximum absolute atomic E-state index is 12.7. The van der Waals surface area contributed by atoms with Crippen molar-refractivity contribution in [2.45, 2.75) is 45.7 Å². The highest BCUT2D eigenvalue weighted by Crippen LogP contribution is 2.30. The lowest BCUT2D eigenvalue weighted by Crippen LogP contribution is -2.31. The number of anilines is 1. The number of nitrogens with zero attached hydrogens (tertiary/aromatic N) is 3. The second kappa shape index (κ2) is 10.5. The fourth-order valence-corrected chi connectivity index (χ4v) is 4.19. The molecule has 34 heavy (non-hydrogen) atoms. The van der Waals surface area contributed by atoms with Crippen molar-refractivity contribution in [2.75, 3.05) is 19.0 Å². The molecule has 4 rings (SSSR count). The van der Waals surface area contributed by atoms with Crippen LogP contribution in [0.3, 0.4) is 0 Å². The monoisotopic (exact) mass is 456 g/mol. The van der Waals surface area contributed by atoms with Crippen LogP contribution in [-0.4, -0.2) is 40.5 Å². The van der Waals surface area contributed by atoms with Crippen LogP contribution in [0.4, 0.5) is 5.82 Å². The number of carbonyl (C=O) groups is 1. The summed E-state index contributed by atoms with van der Waals surface area (Å²) in [6.07, 6.45) is 3.11. The van der Waals surface area contributed by atoms with Crippen LogP contribution in [0.2, 0.25) is 0 Å². The van der Waals surface area contributed by atoms with Crippen molar-refractivity contribution in [3.63, 3.8) is 0 Å². The van der Waals surface area contributed by atoms with Gasteiger partial charge in [0.1, 0.15) is 5.82 Å². The van der Waals surface area contributed by atoms with Crippen LogP contribution < -0.4 is 5.32 Å². The van der Waals surface area contributed by atoms with Crippen molar-refractivity contribution in [3.05, 3.63) is 89.3 Å². The van der Waals surface area contributed by atoms with E-state index in [0.717, 1.165) is 41.2 Å². The van der Waals surface area contributed by atoms with Crippen molar-refractivity contribution in [1.29, 1.82) is 0 Å². The van der Waals surface area contributed by atoms with E-state index >= 15 is 0 Å². The lowest BCUT2D eigenvalue weighted by molar-refractivity contribution is -0.136. The molecular weight excluding hydrogens is 424 g/mol. The predicted octanol–water partition coefficient (Wildman–Crippen LogP) is 5.18. The van der Waals surface area contributed by atoms with Gasteiger partial charge in [0.2, 0.25) is 0 Å². The Morgan fingerprint density at radius 3 is 2.32 bits per heavy atom. The molecule has 0 amide bonds. The molecule has 1 atom stereocenters. The number of fused-ring (bicyclic) bond motifs is 1. The third-order valence-electron chi connectivity index (χ3n) is 6.18. The first-order valence-corrected chi connectivity index (χ1v) is 11.8. The maximum atomic E-state index is 12.7. The first kappa shape index (κ1) is 23.5. The van der Waals surface area contributed by atoms with Gasteiger partial charge < -0.3 is 15.0 Å². The molecule has 0 fully saturated rings. The van der Waals surface area contributed by atoms with Crippen LogP contribution in [0.1, 0.15) is 43.6 Å². The Hall–Kier alpha value is -3.67. The van der Waals surface area contributed by atoms with Crippen LogP contribution >= 0.6 is 0 Å². The Labute approximate surface area is 201 Å². The Morgan fingerprint density at radius 2 is 1.68 bits per heavy atom. The van der Waals surface area contributed by atoms with Gasteiger partial charge >= 0.3 is 5.97 Å². The smallest absolute Gasteiger partial charge is 0.335 e. The lowest BCUT2D eigenvalue weighted by atomic mass is 9.99. The number of hydrogen-bond donors (Lipinski definition) is 1. The Kier molecular flexibility index (Phi) is 7.26. The van der Waals surface area contributed by atoms with Crippen molar-refractivity contribution < 1.29 is 9.53 Å². The fourth-order valence-electron chi connectivity index (χ4n) is 4.19. The zero-order chi connectivity index (χ0) is 24.1. The molecule has 0 saturated heterocycles. The predicted molar refractivity (Wildman–Crippen MR) is 135 cm³/mol. The molecule has 6 nitrogen and oxygen atoms in total. The molecule has 1 unspecified atom stereocenters. The number of aromatic nitrogens is 2. The Balaban J connectivity index is 1.82. The molecule has 1 aliphatic heterocycles. The molecule has 3 aromatic rings. The lowest BCUT2D eigenvalue weighted by Gasteiger charge is -2.29. The molecule has 0 aliphatic carbocycles. The Bertz CT molecular complexity index is 1160. The number of ether oxygens (including phenoxy) is 1. The summed E-state index contributed by atoms with van der Waals surface area (Å²) in [6.45, 7) is 7.12. The maximum Gasteiger partial charge on any atom is 0.335 e. The minimum absolute atomic E-state index is 0.0342. The molecule has 2 aromatic carbocycles. The van der Waals surface area contributed by atoms with Crippen LogP contribution in [0.15, 0.2) is 72.4 Å². The normalized spacial score (nSPS) is 16.0. The van der Waals surface area contributed by atoms with E-state index in [2.05, 4.69) is 43.1 Å². The second-order valence-corrected chi connectivity index (χ2v) is 8.87. The topological polar surface area (TPSA) is 67.3 Å². The number of rotatable bonds is 6. The van der Waals surface area contributed by atoms with Gasteiger partial charge in [0.25, 0.3) is 0 Å². The summed E-state index contributed by atoms with van der Waals surface area (Å²) < 4.78 is 5.12. The summed E-state index contributed by atoms with van der Waals surface area (Å²) >= 11 is 0. The molecule has 1 aliphatic rings. The Morgan fingerprint density at radius 1 is 1.00 bits per heavy atom. The van der Waals surface area contributed by atoms with Gasteiger partial charge in [-0.1, -0.05) is 60.7 Å². The highest BCUT2D eigenvalue weighted by Gasteiger charge is 2.25. The average molecular weight is 457 g/mol. The van der Waals surface area contributed by atoms with Gasteiger partial charge in [0.05, 0.1) is 18.4 Å². The molecule has 1 N–H and O–H groups in total. The molecular formula is C28H32N4O2. The van der Waals surface area contributed by atoms with E-state index in [9.17, 15) is 4.79 Å². The highest BCUT2D eigenvalue weighted by atomic mass is 16.5. The van der Waals surface area contributed by atoms with Crippen LogP contribution in [0.5, 0.6) is 0 Å². The summed E-state index contributed by atoms with van der Waals surface area (Å²) in [7, 11) is 1.42. The minimum atomic E-state index is -0.326. The van der Waals surface area contributed by atoms with Gasteiger partial charge in [-0.2, -0.15) is 0 Å². The summed E-state index contributed by atoms with van der Waals surface area (Å²) in [5.41, 5.74) is 4.63. The second-order valence-electron chi connectivity index (χ2n) is 8.87. The molecule has 176 valence electrons. The fraction of sp³-hybridized carbons (Fsp3) is 0.321. The van der Waals surface area contributed by atoms with Crippen molar-refractivity contribution >= 4 is 11.8 Å². The van der Waals surface area contributed by atoms with Gasteiger partial charge in [0.15, 0.2) is 5.82 Å². The first-order valence-electron chi connectivity index (χ1n) is 11.8. The van der Waals surface area contributed by atoms with E-state index in [0.29, 0.717) is 17.8 Å². The van der Waals surface area contributed by atoms with Gasteiger partial charge in [-0.3, -0.25) is 0 Å². The zero-order valence-electron chi connectivity index (χ0n) is 20.3. The largest absolute Gasteiger partial charge is 0.466 e. The first-order chi connectivity index (χ1) is 16.5. The number of hydrogen-bond acceptors (Lipinski definition) is 6. The van der Waals surface area contributed by atoms with Crippen molar-refractivity contribution in [1.82, 2.24) is 14.9 Å². The van der Waals surface area contributed by atoms with E-state index in [1.807, 2.05) is 54.7 Å². The minimum Gasteiger partial charge on any atom is -0.466 e. The van der Waals surface area contributed by atoms with E-state index in [1.165, 1.54) is 7.11 Å². The third kappa shape index (κ3) is 5.28. The molecule has 0 saturated carbocycles. The van der Waals surface area contributed by atoms with E-state index in [4.69, 9.17) is 14.7 Å². The van der Waals surface area contributed by atoms with Crippen molar-refractivity contribution in [2.24, 2.45) is 0 Å². The SMILES string of the molecule is COC(=O)/C1=C/N(C(C)C)CCc2nc(-c3ccccc3)nc(NC(C)c3ccccc3)c2C1. The summed E-state index contributed by atoms with van der Waals surface area (Å²) in [6, 6.07) is 20.6. The van der Waals surface area contributed by atoms with E-state index < -0.39 is 0 Å². The number of carbonyl (C=O) groups excluding carboxylic acids is 1. The summed E-state index contributed by atoms with van der Waals surface area (Å²) in [5, 5.41) is 3.61. The van der Waals surface area contributed by atoms with Crippen LogP contribution in [-0.2, 0) is 22.4 Å². The molecule has 0 bridgehead atoms. The van der Waals surface area contributed by atoms with Crippen LogP contribution in [0, 0.1) is 0 Å². The standard InChI is InChI=1S/C28H32N4O2/c1-19(2)32-16-15-25-24(17-23(18-32)28(33)34-4)27(29-20(3)21-11-7-5-8-12-21)31-26(30-25)22-13-9-6-10-14-22/h5-14,18-20H,15-17H2,1-4H3,(H,29,30,31)/b23-18+. The van der Waals surface area contributed by atoms with Gasteiger partial charge in [0, 0.05) is 48.8 Å². The molecule has 6 heteroatoms. The molecule has 0 spiro atoms. The summed E-state index contributed by atoms with van der Waals surface area (Å²) in [5.74, 6) is 1.11. The quantitative estimate of drug-likeness (QED) is 0.516. The molecule has 0 radical (unpaired) electrons. The van der Waals surface area contributed by atoms with E-state index in [-0.39, 0.29) is 18.1 Å². The zero-order valence-corrected chi connectivity index (χ0v) is 20.3. The third-order valence-corrected chi connectivity index (χ3v) is 6.18. The highest BCUT2D eigenvalue weighted by molar-refractivity contribution is 5.89. The number of benzene rings is 2. The van der Waals surface area contributed by atoms with Gasteiger partial charge in [-0.05, 0) is 26.3 Å². The van der Waals surface area contributed by atoms with E-state index in [1.54, 1.807) is 0 Å². The molecule has 2 heterocycles. The van der Waals surface area contributed by atoms with Gasteiger partial charge in [-0.15, -0.1) is 0 Å².